The van der Waals surface area contributed by atoms with E-state index in [1.165, 1.54) is 4.57 Å². The SMILES string of the molecule is CCn1ccn[c-]c1=O.[CH3-].[V].[Y]. The average molecular weight is 278 g/mol. The molecule has 0 aliphatic heterocycles. The molecule has 1 aromatic heterocycles. The van der Waals surface area contributed by atoms with Crippen LogP contribution in [-0.2, 0) is 57.8 Å². The van der Waals surface area contributed by atoms with Crippen LogP contribution in [0.5, 0.6) is 0 Å². The molecule has 0 amide bonds. The van der Waals surface area contributed by atoms with E-state index in [0.717, 1.165) is 0 Å². The van der Waals surface area contributed by atoms with Crippen molar-refractivity contribution in [2.45, 2.75) is 13.5 Å². The predicted molar refractivity (Wildman–Crippen MR) is 39.4 cm³/mol. The number of hydrogen-bond donors (Lipinski definition) is 0. The van der Waals surface area contributed by atoms with Crippen LogP contribution in [0.15, 0.2) is 17.2 Å². The molecule has 2 radical (unpaired) electrons. The van der Waals surface area contributed by atoms with E-state index in [0.29, 0.717) is 6.54 Å². The zero-order valence-corrected chi connectivity index (χ0v) is 11.4. The molecule has 0 unspecified atom stereocenters. The normalized spacial score (nSPS) is 7.08. The van der Waals surface area contributed by atoms with Gasteiger partial charge in [-0.2, -0.15) is 0 Å². The summed E-state index contributed by atoms with van der Waals surface area (Å²) in [5.74, 6) is 0. The van der Waals surface area contributed by atoms with Crippen LogP contribution in [0.4, 0.5) is 0 Å². The van der Waals surface area contributed by atoms with Crippen LogP contribution in [0.1, 0.15) is 6.92 Å². The summed E-state index contributed by atoms with van der Waals surface area (Å²) in [7, 11) is 0. The quantitative estimate of drug-likeness (QED) is 0.701. The molecule has 0 spiro atoms. The number of nitrogens with zero attached hydrogens (tertiary/aromatic N) is 2. The molecule has 1 heterocycles. The molecular weight excluding hydrogens is 268 g/mol. The van der Waals surface area contributed by atoms with Gasteiger partial charge in [-0.15, -0.1) is 6.20 Å². The number of aromatic nitrogens is 2. The van der Waals surface area contributed by atoms with Gasteiger partial charge in [0.15, 0.2) is 5.56 Å². The maximum atomic E-state index is 10.7. The van der Waals surface area contributed by atoms with Crippen LogP contribution in [0, 0.1) is 13.6 Å². The number of rotatable bonds is 1. The molecule has 0 aromatic carbocycles. The monoisotopic (exact) mass is 278 g/mol. The minimum Gasteiger partial charge on any atom is -0.452 e. The molecule has 3 nitrogen and oxygen atoms in total. The van der Waals surface area contributed by atoms with Gasteiger partial charge in [-0.05, 0) is 6.92 Å². The Morgan fingerprint density at radius 2 is 2.25 bits per heavy atom. The molecule has 64 valence electrons. The number of hydrogen-bond acceptors (Lipinski definition) is 2. The second-order valence-electron chi connectivity index (χ2n) is 1.63. The molecule has 12 heavy (non-hydrogen) atoms. The van der Waals surface area contributed by atoms with Gasteiger partial charge in [0, 0.05) is 57.8 Å². The second-order valence-corrected chi connectivity index (χ2v) is 1.63. The van der Waals surface area contributed by atoms with Crippen molar-refractivity contribution in [1.82, 2.24) is 9.55 Å². The molecule has 0 aliphatic rings. The fourth-order valence-electron chi connectivity index (χ4n) is 0.587. The van der Waals surface area contributed by atoms with Gasteiger partial charge in [0.05, 0.1) is 0 Å². The van der Waals surface area contributed by atoms with Crippen molar-refractivity contribution in [3.8, 4) is 0 Å². The Hall–Kier alpha value is 0.568. The maximum Gasteiger partial charge on any atom is 0.176 e. The topological polar surface area (TPSA) is 34.9 Å². The van der Waals surface area contributed by atoms with E-state index < -0.39 is 0 Å². The molecule has 0 atom stereocenters. The van der Waals surface area contributed by atoms with Crippen molar-refractivity contribution in [3.63, 3.8) is 0 Å². The summed E-state index contributed by atoms with van der Waals surface area (Å²) in [6.45, 7) is 2.58. The van der Waals surface area contributed by atoms with Gasteiger partial charge < -0.3 is 17.0 Å². The van der Waals surface area contributed by atoms with Crippen LogP contribution in [0.2, 0.25) is 0 Å². The third kappa shape index (κ3) is 5.26. The Bertz CT molecular complexity index is 251. The standard InChI is InChI=1S/C6H7N2O.CH3.V.Y/c1-2-8-4-3-7-5-6(8)9;;;/h3-4H,2H2,1H3;1H3;;/q2*-1;;. The summed E-state index contributed by atoms with van der Waals surface area (Å²) in [6, 6.07) is 0. The summed E-state index contributed by atoms with van der Waals surface area (Å²) >= 11 is 0. The Balaban J connectivity index is -0.000000270. The molecule has 0 saturated heterocycles. The molecular formula is C7H10N2OVY-2. The van der Waals surface area contributed by atoms with Gasteiger partial charge in [-0.3, -0.25) is 4.79 Å². The third-order valence-electron chi connectivity index (χ3n) is 1.08. The molecule has 0 bridgehead atoms. The zero-order chi connectivity index (χ0) is 6.69. The van der Waals surface area contributed by atoms with E-state index in [2.05, 4.69) is 11.2 Å². The van der Waals surface area contributed by atoms with E-state index in [1.807, 2.05) is 6.92 Å². The Labute approximate surface area is 110 Å². The first-order valence-corrected chi connectivity index (χ1v) is 2.77. The summed E-state index contributed by atoms with van der Waals surface area (Å²) in [5.41, 5.74) is -0.167. The molecule has 0 aliphatic carbocycles. The minimum atomic E-state index is -0.167. The summed E-state index contributed by atoms with van der Waals surface area (Å²) in [6.07, 6.45) is 5.49. The first-order chi connectivity index (χ1) is 4.34. The van der Waals surface area contributed by atoms with Crippen molar-refractivity contribution in [2.24, 2.45) is 0 Å². The van der Waals surface area contributed by atoms with Crippen LogP contribution in [0.3, 0.4) is 0 Å². The number of aryl methyl sites for hydroxylation is 1. The fourth-order valence-corrected chi connectivity index (χ4v) is 0.587. The smallest absolute Gasteiger partial charge is 0.176 e. The van der Waals surface area contributed by atoms with Crippen LogP contribution in [0.25, 0.3) is 0 Å². The fraction of sp³-hybridized carbons (Fsp3) is 0.286. The first kappa shape index (κ1) is 18.4. The largest absolute Gasteiger partial charge is 0.452 e. The van der Waals surface area contributed by atoms with E-state index >= 15 is 0 Å². The van der Waals surface area contributed by atoms with Crippen molar-refractivity contribution in [2.75, 3.05) is 0 Å². The molecule has 1 rings (SSSR count). The van der Waals surface area contributed by atoms with E-state index in [-0.39, 0.29) is 64.3 Å². The van der Waals surface area contributed by atoms with Gasteiger partial charge in [0.1, 0.15) is 0 Å². The minimum absolute atomic E-state index is 0. The van der Waals surface area contributed by atoms with Crippen molar-refractivity contribution < 1.29 is 51.3 Å². The van der Waals surface area contributed by atoms with Crippen LogP contribution in [-0.4, -0.2) is 9.55 Å². The van der Waals surface area contributed by atoms with Gasteiger partial charge >= 0.3 is 0 Å². The van der Waals surface area contributed by atoms with E-state index in [1.54, 1.807) is 12.4 Å². The second kappa shape index (κ2) is 9.65. The van der Waals surface area contributed by atoms with Crippen molar-refractivity contribution in [3.05, 3.63) is 36.4 Å². The van der Waals surface area contributed by atoms with Crippen LogP contribution >= 0.6 is 0 Å². The Kier molecular flexibility index (Phi) is 14.8. The maximum absolute atomic E-state index is 10.7. The summed E-state index contributed by atoms with van der Waals surface area (Å²) in [5, 5.41) is 0. The molecule has 1 aromatic rings. The molecule has 5 heteroatoms. The predicted octanol–water partition coefficient (Wildman–Crippen LogP) is 0.509. The summed E-state index contributed by atoms with van der Waals surface area (Å²) in [4.78, 5) is 14.2. The first-order valence-electron chi connectivity index (χ1n) is 2.77. The molecule has 0 N–H and O–H groups in total. The third-order valence-corrected chi connectivity index (χ3v) is 1.08. The van der Waals surface area contributed by atoms with Crippen LogP contribution < -0.4 is 5.56 Å². The molecule has 0 fully saturated rings. The Morgan fingerprint density at radius 1 is 1.67 bits per heavy atom. The summed E-state index contributed by atoms with van der Waals surface area (Å²) < 4.78 is 1.53. The van der Waals surface area contributed by atoms with Gasteiger partial charge in [0.25, 0.3) is 0 Å². The van der Waals surface area contributed by atoms with Crippen molar-refractivity contribution in [1.29, 1.82) is 0 Å². The average Bonchev–Trinajstić information content (AvgIpc) is 1.89. The van der Waals surface area contributed by atoms with Gasteiger partial charge in [-0.25, -0.2) is 0 Å². The zero-order valence-electron chi connectivity index (χ0n) is 7.19. The molecule has 0 saturated carbocycles. The van der Waals surface area contributed by atoms with E-state index in [4.69, 9.17) is 0 Å². The van der Waals surface area contributed by atoms with Gasteiger partial charge in [0.2, 0.25) is 0 Å². The Morgan fingerprint density at radius 3 is 2.58 bits per heavy atom. The van der Waals surface area contributed by atoms with E-state index in [9.17, 15) is 4.79 Å². The van der Waals surface area contributed by atoms with Gasteiger partial charge in [-0.1, -0.05) is 12.4 Å². The van der Waals surface area contributed by atoms with Crippen molar-refractivity contribution >= 4 is 0 Å².